The summed E-state index contributed by atoms with van der Waals surface area (Å²) in [5, 5.41) is 4.66. The molecule has 3 heterocycles. The van der Waals surface area contributed by atoms with E-state index in [2.05, 4.69) is 22.1 Å². The van der Waals surface area contributed by atoms with E-state index in [-0.39, 0.29) is 5.91 Å². The summed E-state index contributed by atoms with van der Waals surface area (Å²) in [4.78, 5) is 17.8. The number of rotatable bonds is 5. The molecule has 1 amide bonds. The lowest BCUT2D eigenvalue weighted by Gasteiger charge is -2.36. The van der Waals surface area contributed by atoms with E-state index in [0.29, 0.717) is 12.5 Å². The summed E-state index contributed by atoms with van der Waals surface area (Å²) < 4.78 is 7.41. The molecule has 29 heavy (non-hydrogen) atoms. The molecule has 2 aliphatic rings. The number of benzene rings is 1. The number of carbonyl (C=O) groups is 1. The van der Waals surface area contributed by atoms with E-state index in [0.717, 1.165) is 75.7 Å². The third kappa shape index (κ3) is 4.70. The highest BCUT2D eigenvalue weighted by molar-refractivity contribution is 5.96. The van der Waals surface area contributed by atoms with Crippen molar-refractivity contribution in [2.24, 2.45) is 5.92 Å². The first-order chi connectivity index (χ1) is 14.1. The zero-order chi connectivity index (χ0) is 20.2. The molecular weight excluding hydrogens is 364 g/mol. The molecule has 0 bridgehead atoms. The highest BCUT2D eigenvalue weighted by atomic mass is 16.5. The molecular formula is C23H32N4O2. The van der Waals surface area contributed by atoms with Gasteiger partial charge in [-0.15, -0.1) is 0 Å². The number of aryl methyl sites for hydroxylation is 1. The maximum Gasteiger partial charge on any atom is 0.257 e. The van der Waals surface area contributed by atoms with Crippen LogP contribution in [0.25, 0.3) is 0 Å². The molecule has 6 heteroatoms. The van der Waals surface area contributed by atoms with Crippen molar-refractivity contribution in [1.29, 1.82) is 0 Å². The summed E-state index contributed by atoms with van der Waals surface area (Å²) in [6.45, 7) is 11.3. The van der Waals surface area contributed by atoms with Crippen LogP contribution in [0.1, 0.15) is 40.2 Å². The van der Waals surface area contributed by atoms with Crippen LogP contribution in [0.4, 0.5) is 0 Å². The van der Waals surface area contributed by atoms with Gasteiger partial charge in [0.05, 0.1) is 31.0 Å². The number of morpholine rings is 1. The largest absolute Gasteiger partial charge is 0.379 e. The molecule has 2 saturated heterocycles. The van der Waals surface area contributed by atoms with E-state index in [4.69, 9.17) is 4.74 Å². The molecule has 0 saturated carbocycles. The van der Waals surface area contributed by atoms with Crippen molar-refractivity contribution in [3.05, 3.63) is 52.8 Å². The molecule has 2 aliphatic heterocycles. The molecule has 1 aromatic heterocycles. The average Bonchev–Trinajstić information content (AvgIpc) is 3.02. The van der Waals surface area contributed by atoms with Crippen LogP contribution in [0.2, 0.25) is 0 Å². The normalized spacial score (nSPS) is 18.9. The van der Waals surface area contributed by atoms with E-state index in [1.54, 1.807) is 0 Å². The number of hydrogen-bond acceptors (Lipinski definition) is 4. The van der Waals surface area contributed by atoms with E-state index in [1.807, 2.05) is 41.6 Å². The van der Waals surface area contributed by atoms with Crippen molar-refractivity contribution in [2.75, 3.05) is 45.9 Å². The Balaban J connectivity index is 1.37. The Labute approximate surface area is 173 Å². The molecule has 6 nitrogen and oxygen atoms in total. The van der Waals surface area contributed by atoms with Gasteiger partial charge in [-0.25, -0.2) is 0 Å². The minimum atomic E-state index is 0.143. The minimum absolute atomic E-state index is 0.143. The van der Waals surface area contributed by atoms with Gasteiger partial charge in [0.25, 0.3) is 5.91 Å². The Morgan fingerprint density at radius 2 is 1.76 bits per heavy atom. The SMILES string of the molecule is Cc1nn(Cc2ccccc2)c(C)c1C(=O)N1CCC(CN2CCOCC2)CC1. The quantitative estimate of drug-likeness (QED) is 0.780. The molecule has 0 radical (unpaired) electrons. The van der Waals surface area contributed by atoms with E-state index < -0.39 is 0 Å². The van der Waals surface area contributed by atoms with Gasteiger partial charge >= 0.3 is 0 Å². The van der Waals surface area contributed by atoms with Gasteiger partial charge in [0.15, 0.2) is 0 Å². The number of aromatic nitrogens is 2. The number of piperidine rings is 1. The Bertz CT molecular complexity index is 819. The fraction of sp³-hybridized carbons (Fsp3) is 0.565. The molecule has 0 spiro atoms. The molecule has 2 aromatic rings. The van der Waals surface area contributed by atoms with Crippen LogP contribution >= 0.6 is 0 Å². The number of amides is 1. The zero-order valence-electron chi connectivity index (χ0n) is 17.6. The lowest BCUT2D eigenvalue weighted by Crippen LogP contribution is -2.44. The summed E-state index contributed by atoms with van der Waals surface area (Å²) in [6, 6.07) is 10.3. The van der Waals surface area contributed by atoms with Gasteiger partial charge < -0.3 is 9.64 Å². The maximum atomic E-state index is 13.2. The van der Waals surface area contributed by atoms with E-state index in [9.17, 15) is 4.79 Å². The predicted octanol–water partition coefficient (Wildman–Crippen LogP) is 2.73. The van der Waals surface area contributed by atoms with Gasteiger partial charge in [-0.05, 0) is 38.2 Å². The van der Waals surface area contributed by atoms with E-state index in [1.165, 1.54) is 5.56 Å². The maximum absolute atomic E-state index is 13.2. The van der Waals surface area contributed by atoms with Crippen LogP contribution in [0, 0.1) is 19.8 Å². The fourth-order valence-corrected chi connectivity index (χ4v) is 4.54. The van der Waals surface area contributed by atoms with Crippen molar-refractivity contribution >= 4 is 5.91 Å². The molecule has 0 aliphatic carbocycles. The van der Waals surface area contributed by atoms with Gasteiger partial charge in [-0.1, -0.05) is 30.3 Å². The van der Waals surface area contributed by atoms with Crippen LogP contribution in [0.5, 0.6) is 0 Å². The molecule has 1 aromatic carbocycles. The third-order valence-corrected chi connectivity index (χ3v) is 6.29. The van der Waals surface area contributed by atoms with Crippen LogP contribution in [-0.4, -0.2) is 71.4 Å². The molecule has 4 rings (SSSR count). The van der Waals surface area contributed by atoms with Gasteiger partial charge in [0.2, 0.25) is 0 Å². The average molecular weight is 397 g/mol. The van der Waals surface area contributed by atoms with Crippen LogP contribution in [0.15, 0.2) is 30.3 Å². The molecule has 2 fully saturated rings. The van der Waals surface area contributed by atoms with Crippen LogP contribution in [0.3, 0.4) is 0 Å². The van der Waals surface area contributed by atoms with Crippen molar-refractivity contribution in [3.8, 4) is 0 Å². The second-order valence-electron chi connectivity index (χ2n) is 8.34. The highest BCUT2D eigenvalue weighted by Gasteiger charge is 2.28. The second-order valence-corrected chi connectivity index (χ2v) is 8.34. The Kier molecular flexibility index (Phi) is 6.31. The molecule has 0 unspecified atom stereocenters. The summed E-state index contributed by atoms with van der Waals surface area (Å²) in [5.41, 5.74) is 3.78. The van der Waals surface area contributed by atoms with Crippen molar-refractivity contribution in [1.82, 2.24) is 19.6 Å². The molecule has 156 valence electrons. The first-order valence-electron chi connectivity index (χ1n) is 10.8. The predicted molar refractivity (Wildman–Crippen MR) is 113 cm³/mol. The van der Waals surface area contributed by atoms with Crippen LogP contribution in [-0.2, 0) is 11.3 Å². The number of hydrogen-bond donors (Lipinski definition) is 0. The topological polar surface area (TPSA) is 50.6 Å². The number of carbonyl (C=O) groups excluding carboxylic acids is 1. The van der Waals surface area contributed by atoms with Crippen LogP contribution < -0.4 is 0 Å². The Morgan fingerprint density at radius 3 is 2.45 bits per heavy atom. The van der Waals surface area contributed by atoms with Crippen molar-refractivity contribution in [3.63, 3.8) is 0 Å². The molecule has 0 N–H and O–H groups in total. The van der Waals surface area contributed by atoms with Gasteiger partial charge in [-0.2, -0.15) is 5.10 Å². The highest BCUT2D eigenvalue weighted by Crippen LogP contribution is 2.23. The van der Waals surface area contributed by atoms with Crippen molar-refractivity contribution in [2.45, 2.75) is 33.2 Å². The number of likely N-dealkylation sites (tertiary alicyclic amines) is 1. The second kappa shape index (κ2) is 9.09. The van der Waals surface area contributed by atoms with E-state index >= 15 is 0 Å². The fourth-order valence-electron chi connectivity index (χ4n) is 4.54. The third-order valence-electron chi connectivity index (χ3n) is 6.29. The monoisotopic (exact) mass is 396 g/mol. The lowest BCUT2D eigenvalue weighted by atomic mass is 9.95. The summed E-state index contributed by atoms with van der Waals surface area (Å²) in [5.74, 6) is 0.823. The smallest absolute Gasteiger partial charge is 0.257 e. The van der Waals surface area contributed by atoms with Gasteiger partial charge in [0.1, 0.15) is 0 Å². The summed E-state index contributed by atoms with van der Waals surface area (Å²) in [6.07, 6.45) is 2.17. The minimum Gasteiger partial charge on any atom is -0.379 e. The molecule has 0 atom stereocenters. The number of nitrogens with zero attached hydrogens (tertiary/aromatic N) is 4. The number of ether oxygens (including phenoxy) is 1. The Hall–Kier alpha value is -2.18. The summed E-state index contributed by atoms with van der Waals surface area (Å²) in [7, 11) is 0. The Morgan fingerprint density at radius 1 is 1.07 bits per heavy atom. The first kappa shape index (κ1) is 20.1. The van der Waals surface area contributed by atoms with Gasteiger partial charge in [-0.3, -0.25) is 14.4 Å². The summed E-state index contributed by atoms with van der Waals surface area (Å²) >= 11 is 0. The van der Waals surface area contributed by atoms with Crippen molar-refractivity contribution < 1.29 is 9.53 Å². The standard InChI is InChI=1S/C23H32N4O2/c1-18-22(19(2)27(24-18)17-20-6-4-3-5-7-20)23(28)26-10-8-21(9-11-26)16-25-12-14-29-15-13-25/h3-7,21H,8-17H2,1-2H3. The first-order valence-corrected chi connectivity index (χ1v) is 10.8. The zero-order valence-corrected chi connectivity index (χ0v) is 17.6. The lowest BCUT2D eigenvalue weighted by molar-refractivity contribution is 0.0242. The van der Waals surface area contributed by atoms with Gasteiger partial charge in [0, 0.05) is 38.4 Å².